The van der Waals surface area contributed by atoms with Crippen LogP contribution in [0.1, 0.15) is 22.3 Å². The first-order chi connectivity index (χ1) is 8.72. The number of allylic oxidation sites excluding steroid dienone is 1. The van der Waals surface area contributed by atoms with Gasteiger partial charge in [0.1, 0.15) is 12.4 Å². The highest BCUT2D eigenvalue weighted by Crippen LogP contribution is 2.20. The predicted molar refractivity (Wildman–Crippen MR) is 72.0 cm³/mol. The zero-order chi connectivity index (χ0) is 13.4. The number of esters is 1. The van der Waals surface area contributed by atoms with Gasteiger partial charge in [0.05, 0.1) is 12.7 Å². The lowest BCUT2D eigenvalue weighted by atomic mass is 10.0. The number of hydrogen-bond acceptors (Lipinski definition) is 3. The Balaban J connectivity index is 2.98. The molecule has 0 amide bonds. The van der Waals surface area contributed by atoms with E-state index in [1.54, 1.807) is 18.2 Å². The van der Waals surface area contributed by atoms with E-state index >= 15 is 0 Å². The van der Waals surface area contributed by atoms with Gasteiger partial charge in [-0.25, -0.2) is 4.79 Å². The molecule has 1 aromatic rings. The lowest BCUT2D eigenvalue weighted by Gasteiger charge is -2.10. The molecule has 0 aliphatic carbocycles. The van der Waals surface area contributed by atoms with E-state index in [0.29, 0.717) is 12.2 Å². The lowest BCUT2D eigenvalue weighted by Crippen LogP contribution is -2.06. The number of aryl methyl sites for hydroxylation is 1. The molecule has 0 saturated carbocycles. The molecule has 0 aliphatic heterocycles. The van der Waals surface area contributed by atoms with Crippen molar-refractivity contribution in [3.63, 3.8) is 0 Å². The van der Waals surface area contributed by atoms with Gasteiger partial charge in [-0.1, -0.05) is 18.7 Å². The van der Waals surface area contributed by atoms with Gasteiger partial charge in [0.15, 0.2) is 0 Å². The Labute approximate surface area is 108 Å². The molecule has 0 saturated heterocycles. The molecule has 1 rings (SSSR count). The van der Waals surface area contributed by atoms with E-state index in [2.05, 4.69) is 13.2 Å². The fourth-order valence-corrected chi connectivity index (χ4v) is 1.59. The summed E-state index contributed by atoms with van der Waals surface area (Å²) in [5.41, 5.74) is 1.48. The van der Waals surface area contributed by atoms with Crippen LogP contribution < -0.4 is 4.74 Å². The maximum Gasteiger partial charge on any atom is 0.338 e. The molecule has 1 aromatic carbocycles. The molecule has 0 radical (unpaired) electrons. The van der Waals surface area contributed by atoms with Crippen LogP contribution in [-0.2, 0) is 11.2 Å². The van der Waals surface area contributed by atoms with Crippen molar-refractivity contribution in [2.45, 2.75) is 12.8 Å². The van der Waals surface area contributed by atoms with Crippen molar-refractivity contribution in [3.05, 3.63) is 54.6 Å². The molecule has 0 aromatic heterocycles. The standard InChI is InChI=1S/C15H18O3/c1-4-6-7-12-11-13(18-10-5-2)8-9-14(12)15(16)17-3/h4-5,8-9,11H,1-2,6-7,10H2,3H3. The molecule has 96 valence electrons. The Bertz CT molecular complexity index is 435. The summed E-state index contributed by atoms with van der Waals surface area (Å²) >= 11 is 0. The van der Waals surface area contributed by atoms with E-state index in [-0.39, 0.29) is 5.97 Å². The number of methoxy groups -OCH3 is 1. The predicted octanol–water partition coefficient (Wildman–Crippen LogP) is 3.16. The first kappa shape index (κ1) is 14.0. The monoisotopic (exact) mass is 246 g/mol. The van der Waals surface area contributed by atoms with Crippen LogP contribution in [0.25, 0.3) is 0 Å². The van der Waals surface area contributed by atoms with Crippen LogP contribution in [0.15, 0.2) is 43.5 Å². The number of benzene rings is 1. The van der Waals surface area contributed by atoms with Gasteiger partial charge in [-0.3, -0.25) is 0 Å². The molecule has 0 N–H and O–H groups in total. The third-order valence-electron chi connectivity index (χ3n) is 2.47. The average molecular weight is 246 g/mol. The summed E-state index contributed by atoms with van der Waals surface area (Å²) < 4.78 is 10.2. The zero-order valence-corrected chi connectivity index (χ0v) is 10.6. The van der Waals surface area contributed by atoms with Crippen LogP contribution in [0.3, 0.4) is 0 Å². The van der Waals surface area contributed by atoms with Crippen LogP contribution in [0.4, 0.5) is 0 Å². The molecule has 0 spiro atoms. The summed E-state index contributed by atoms with van der Waals surface area (Å²) in [5, 5.41) is 0. The SMILES string of the molecule is C=CCCc1cc(OCC=C)ccc1C(=O)OC. The topological polar surface area (TPSA) is 35.5 Å². The van der Waals surface area contributed by atoms with Crippen LogP contribution in [-0.4, -0.2) is 19.7 Å². The third kappa shape index (κ3) is 3.77. The summed E-state index contributed by atoms with van der Waals surface area (Å²) in [6.07, 6.45) is 5.03. The van der Waals surface area contributed by atoms with Crippen molar-refractivity contribution in [3.8, 4) is 5.75 Å². The van der Waals surface area contributed by atoms with E-state index in [9.17, 15) is 4.79 Å². The van der Waals surface area contributed by atoms with Crippen LogP contribution >= 0.6 is 0 Å². The quantitative estimate of drug-likeness (QED) is 0.547. The number of rotatable bonds is 7. The summed E-state index contributed by atoms with van der Waals surface area (Å²) in [5.74, 6) is 0.394. The van der Waals surface area contributed by atoms with Gasteiger partial charge >= 0.3 is 5.97 Å². The average Bonchev–Trinajstić information content (AvgIpc) is 2.42. The highest BCUT2D eigenvalue weighted by atomic mass is 16.5. The van der Waals surface area contributed by atoms with Crippen molar-refractivity contribution in [1.82, 2.24) is 0 Å². The van der Waals surface area contributed by atoms with Crippen LogP contribution in [0.5, 0.6) is 5.75 Å². The minimum Gasteiger partial charge on any atom is -0.490 e. The molecule has 3 nitrogen and oxygen atoms in total. The Morgan fingerprint density at radius 1 is 1.33 bits per heavy atom. The minimum atomic E-state index is -0.329. The van der Waals surface area contributed by atoms with Crippen molar-refractivity contribution < 1.29 is 14.3 Å². The maximum atomic E-state index is 11.6. The van der Waals surface area contributed by atoms with E-state index in [4.69, 9.17) is 9.47 Å². The summed E-state index contributed by atoms with van der Waals surface area (Å²) in [6.45, 7) is 7.72. The number of ether oxygens (including phenoxy) is 2. The molecule has 0 heterocycles. The highest BCUT2D eigenvalue weighted by Gasteiger charge is 2.12. The minimum absolute atomic E-state index is 0.329. The smallest absolute Gasteiger partial charge is 0.338 e. The number of carbonyl (C=O) groups is 1. The second kappa shape index (κ2) is 7.33. The summed E-state index contributed by atoms with van der Waals surface area (Å²) in [4.78, 5) is 11.6. The second-order valence-corrected chi connectivity index (χ2v) is 3.74. The van der Waals surface area contributed by atoms with Gasteiger partial charge < -0.3 is 9.47 Å². The van der Waals surface area contributed by atoms with Gasteiger partial charge in [0, 0.05) is 0 Å². The first-order valence-corrected chi connectivity index (χ1v) is 5.78. The van der Waals surface area contributed by atoms with E-state index in [1.807, 2.05) is 12.1 Å². The largest absolute Gasteiger partial charge is 0.490 e. The molecule has 0 atom stereocenters. The first-order valence-electron chi connectivity index (χ1n) is 5.78. The van der Waals surface area contributed by atoms with E-state index in [0.717, 1.165) is 24.2 Å². The molecule has 3 heteroatoms. The van der Waals surface area contributed by atoms with Gasteiger partial charge in [0.25, 0.3) is 0 Å². The van der Waals surface area contributed by atoms with Crippen LogP contribution in [0.2, 0.25) is 0 Å². The van der Waals surface area contributed by atoms with E-state index < -0.39 is 0 Å². The van der Waals surface area contributed by atoms with Gasteiger partial charge in [0.2, 0.25) is 0 Å². The van der Waals surface area contributed by atoms with Gasteiger partial charge in [-0.05, 0) is 36.6 Å². The maximum absolute atomic E-state index is 11.6. The molecule has 0 bridgehead atoms. The van der Waals surface area contributed by atoms with Gasteiger partial charge in [-0.2, -0.15) is 0 Å². The Kier molecular flexibility index (Phi) is 5.71. The van der Waals surface area contributed by atoms with Crippen molar-refractivity contribution in [2.24, 2.45) is 0 Å². The van der Waals surface area contributed by atoms with Crippen LogP contribution in [0, 0.1) is 0 Å². The van der Waals surface area contributed by atoms with E-state index in [1.165, 1.54) is 7.11 Å². The normalized spacial score (nSPS) is 9.61. The number of carbonyl (C=O) groups excluding carboxylic acids is 1. The molecule has 18 heavy (non-hydrogen) atoms. The Morgan fingerprint density at radius 3 is 2.72 bits per heavy atom. The molecule has 0 aliphatic rings. The van der Waals surface area contributed by atoms with Crippen molar-refractivity contribution >= 4 is 5.97 Å². The second-order valence-electron chi connectivity index (χ2n) is 3.74. The summed E-state index contributed by atoms with van der Waals surface area (Å²) in [7, 11) is 1.38. The fourth-order valence-electron chi connectivity index (χ4n) is 1.59. The summed E-state index contributed by atoms with van der Waals surface area (Å²) in [6, 6.07) is 5.34. The Morgan fingerprint density at radius 2 is 2.11 bits per heavy atom. The van der Waals surface area contributed by atoms with Crippen molar-refractivity contribution in [1.29, 1.82) is 0 Å². The molecular formula is C15H18O3. The highest BCUT2D eigenvalue weighted by molar-refractivity contribution is 5.91. The van der Waals surface area contributed by atoms with Crippen molar-refractivity contribution in [2.75, 3.05) is 13.7 Å². The number of hydrogen-bond donors (Lipinski definition) is 0. The third-order valence-corrected chi connectivity index (χ3v) is 2.47. The van der Waals surface area contributed by atoms with Gasteiger partial charge in [-0.15, -0.1) is 6.58 Å². The molecule has 0 unspecified atom stereocenters. The zero-order valence-electron chi connectivity index (χ0n) is 10.6. The lowest BCUT2D eigenvalue weighted by molar-refractivity contribution is 0.0599. The Hall–Kier alpha value is -2.03. The molecule has 0 fully saturated rings. The fraction of sp³-hybridized carbons (Fsp3) is 0.267. The molecular weight excluding hydrogens is 228 g/mol.